The molecular weight excluding hydrogens is 182 g/mol. The molecule has 1 atom stereocenters. The van der Waals surface area contributed by atoms with E-state index in [4.69, 9.17) is 0 Å². The lowest BCUT2D eigenvalue weighted by atomic mass is 9.76. The van der Waals surface area contributed by atoms with E-state index < -0.39 is 0 Å². The Morgan fingerprint density at radius 2 is 1.40 bits per heavy atom. The molecule has 0 aromatic carbocycles. The summed E-state index contributed by atoms with van der Waals surface area (Å²) in [6.07, 6.45) is 1.33. The molecule has 1 nitrogen and oxygen atoms in total. The van der Waals surface area contributed by atoms with Gasteiger partial charge in [-0.2, -0.15) is 0 Å². The fraction of sp³-hybridized carbons (Fsp3) is 1.00. The number of hydrogen-bond donors (Lipinski definition) is 1. The molecule has 0 bridgehead atoms. The summed E-state index contributed by atoms with van der Waals surface area (Å²) in [5, 5.41) is 3.60. The van der Waals surface area contributed by atoms with E-state index in [0.29, 0.717) is 5.41 Å². The molecule has 0 amide bonds. The van der Waals surface area contributed by atoms with Crippen LogP contribution in [0.2, 0.25) is 0 Å². The molecule has 0 radical (unpaired) electrons. The predicted octanol–water partition coefficient (Wildman–Crippen LogP) is 3.94. The quantitative estimate of drug-likeness (QED) is 0.704. The summed E-state index contributed by atoms with van der Waals surface area (Å²) in [7, 11) is 0. The lowest BCUT2D eigenvalue weighted by molar-refractivity contribution is 0.197. The van der Waals surface area contributed by atoms with E-state index in [1.54, 1.807) is 0 Å². The summed E-state index contributed by atoms with van der Waals surface area (Å²) >= 11 is 0. The first kappa shape index (κ1) is 15.0. The van der Waals surface area contributed by atoms with Gasteiger partial charge < -0.3 is 5.32 Å². The van der Waals surface area contributed by atoms with Crippen LogP contribution in [0.3, 0.4) is 0 Å². The highest BCUT2D eigenvalue weighted by Gasteiger charge is 2.24. The van der Waals surface area contributed by atoms with Crippen molar-refractivity contribution in [1.29, 1.82) is 0 Å². The lowest BCUT2D eigenvalue weighted by Crippen LogP contribution is -2.34. The van der Waals surface area contributed by atoms with Gasteiger partial charge in [-0.05, 0) is 42.7 Å². The highest BCUT2D eigenvalue weighted by molar-refractivity contribution is 4.77. The molecule has 0 aromatic rings. The second kappa shape index (κ2) is 6.52. The molecule has 92 valence electrons. The minimum Gasteiger partial charge on any atom is -0.316 e. The van der Waals surface area contributed by atoms with Gasteiger partial charge in [-0.1, -0.05) is 48.5 Å². The maximum Gasteiger partial charge on any atom is -0.00153 e. The van der Waals surface area contributed by atoms with Crippen molar-refractivity contribution in [3.05, 3.63) is 0 Å². The Labute approximate surface area is 97.0 Å². The Balaban J connectivity index is 4.03. The lowest BCUT2D eigenvalue weighted by Gasteiger charge is -2.32. The first-order valence-corrected chi connectivity index (χ1v) is 6.44. The van der Waals surface area contributed by atoms with Gasteiger partial charge >= 0.3 is 0 Å². The predicted molar refractivity (Wildman–Crippen MR) is 70.1 cm³/mol. The van der Waals surface area contributed by atoms with Crippen LogP contribution in [0.25, 0.3) is 0 Å². The van der Waals surface area contributed by atoms with Gasteiger partial charge in [0.2, 0.25) is 0 Å². The molecule has 1 unspecified atom stereocenters. The van der Waals surface area contributed by atoms with E-state index in [2.05, 4.69) is 53.8 Å². The first-order chi connectivity index (χ1) is 6.73. The minimum absolute atomic E-state index is 0.425. The molecule has 1 N–H and O–H groups in total. The van der Waals surface area contributed by atoms with Crippen LogP contribution in [0.1, 0.15) is 54.9 Å². The summed E-state index contributed by atoms with van der Waals surface area (Å²) in [5.41, 5.74) is 0.425. The second-order valence-electron chi connectivity index (χ2n) is 6.74. The fourth-order valence-electron chi connectivity index (χ4n) is 1.86. The maximum absolute atomic E-state index is 3.60. The largest absolute Gasteiger partial charge is 0.316 e. The summed E-state index contributed by atoms with van der Waals surface area (Å²) in [5.74, 6) is 2.34. The Morgan fingerprint density at radius 3 is 1.73 bits per heavy atom. The molecule has 0 fully saturated rings. The van der Waals surface area contributed by atoms with E-state index in [1.807, 2.05) is 0 Å². The Morgan fingerprint density at radius 1 is 0.867 bits per heavy atom. The van der Waals surface area contributed by atoms with Crippen molar-refractivity contribution in [3.63, 3.8) is 0 Å². The molecule has 0 aromatic heterocycles. The molecule has 0 heterocycles. The summed E-state index contributed by atoms with van der Waals surface area (Å²) in [6.45, 7) is 18.6. The van der Waals surface area contributed by atoms with Gasteiger partial charge in [-0.3, -0.25) is 0 Å². The van der Waals surface area contributed by atoms with Gasteiger partial charge in [0, 0.05) is 0 Å². The van der Waals surface area contributed by atoms with Crippen LogP contribution in [0.4, 0.5) is 0 Å². The molecule has 1 heteroatoms. The summed E-state index contributed by atoms with van der Waals surface area (Å²) < 4.78 is 0. The zero-order chi connectivity index (χ0) is 12.1. The van der Waals surface area contributed by atoms with Crippen LogP contribution < -0.4 is 5.32 Å². The molecule has 0 aliphatic carbocycles. The van der Waals surface area contributed by atoms with Crippen molar-refractivity contribution < 1.29 is 0 Å². The van der Waals surface area contributed by atoms with Crippen molar-refractivity contribution >= 4 is 0 Å². The zero-order valence-corrected chi connectivity index (χ0v) is 11.9. The van der Waals surface area contributed by atoms with Gasteiger partial charge in [0.1, 0.15) is 0 Å². The first-order valence-electron chi connectivity index (χ1n) is 6.44. The SMILES string of the molecule is CC(C)CNCC(CC(C)C)C(C)(C)C. The highest BCUT2D eigenvalue weighted by atomic mass is 14.9. The van der Waals surface area contributed by atoms with Gasteiger partial charge in [0.05, 0.1) is 0 Å². The summed E-state index contributed by atoms with van der Waals surface area (Å²) in [6, 6.07) is 0. The third-order valence-corrected chi connectivity index (χ3v) is 2.92. The van der Waals surface area contributed by atoms with Crippen LogP contribution in [0.5, 0.6) is 0 Å². The molecule has 0 aliphatic heterocycles. The average Bonchev–Trinajstić information content (AvgIpc) is 1.99. The van der Waals surface area contributed by atoms with Crippen LogP contribution in [0, 0.1) is 23.2 Å². The molecular formula is C14H31N. The van der Waals surface area contributed by atoms with Gasteiger partial charge in [-0.25, -0.2) is 0 Å². The number of rotatable bonds is 6. The topological polar surface area (TPSA) is 12.0 Å². The van der Waals surface area contributed by atoms with E-state index in [9.17, 15) is 0 Å². The smallest absolute Gasteiger partial charge is 0.00153 e. The van der Waals surface area contributed by atoms with E-state index in [1.165, 1.54) is 13.0 Å². The third kappa shape index (κ3) is 7.84. The van der Waals surface area contributed by atoms with Crippen molar-refractivity contribution in [3.8, 4) is 0 Å². The van der Waals surface area contributed by atoms with Crippen molar-refractivity contribution in [2.24, 2.45) is 23.2 Å². The third-order valence-electron chi connectivity index (χ3n) is 2.92. The van der Waals surface area contributed by atoms with Crippen molar-refractivity contribution in [2.45, 2.75) is 54.9 Å². The van der Waals surface area contributed by atoms with Crippen molar-refractivity contribution in [1.82, 2.24) is 5.32 Å². The average molecular weight is 213 g/mol. The molecule has 0 saturated carbocycles. The number of hydrogen-bond acceptors (Lipinski definition) is 1. The minimum atomic E-state index is 0.425. The Bertz CT molecular complexity index is 153. The van der Waals surface area contributed by atoms with Gasteiger partial charge in [0.25, 0.3) is 0 Å². The van der Waals surface area contributed by atoms with Crippen LogP contribution in [-0.4, -0.2) is 13.1 Å². The second-order valence-corrected chi connectivity index (χ2v) is 6.74. The maximum atomic E-state index is 3.60. The monoisotopic (exact) mass is 213 g/mol. The highest BCUT2D eigenvalue weighted by Crippen LogP contribution is 2.30. The Kier molecular flexibility index (Phi) is 6.51. The van der Waals surface area contributed by atoms with E-state index in [-0.39, 0.29) is 0 Å². The van der Waals surface area contributed by atoms with Gasteiger partial charge in [0.15, 0.2) is 0 Å². The van der Waals surface area contributed by atoms with Crippen molar-refractivity contribution in [2.75, 3.05) is 13.1 Å². The molecule has 0 rings (SSSR count). The zero-order valence-electron chi connectivity index (χ0n) is 11.9. The van der Waals surface area contributed by atoms with Gasteiger partial charge in [-0.15, -0.1) is 0 Å². The van der Waals surface area contributed by atoms with E-state index in [0.717, 1.165) is 24.3 Å². The standard InChI is InChI=1S/C14H31N/c1-11(2)8-13(14(5,6)7)10-15-9-12(3)4/h11-13,15H,8-10H2,1-7H3. The van der Waals surface area contributed by atoms with Crippen LogP contribution >= 0.6 is 0 Å². The van der Waals surface area contributed by atoms with Crippen LogP contribution in [0.15, 0.2) is 0 Å². The van der Waals surface area contributed by atoms with E-state index >= 15 is 0 Å². The molecule has 0 saturated heterocycles. The normalized spacial score (nSPS) is 15.0. The molecule has 0 aliphatic rings. The fourth-order valence-corrected chi connectivity index (χ4v) is 1.86. The number of nitrogens with one attached hydrogen (secondary N) is 1. The summed E-state index contributed by atoms with van der Waals surface area (Å²) in [4.78, 5) is 0. The Hall–Kier alpha value is -0.0400. The molecule has 0 spiro atoms. The molecule has 15 heavy (non-hydrogen) atoms. The van der Waals surface area contributed by atoms with Crippen LogP contribution in [-0.2, 0) is 0 Å².